The molecule has 0 aliphatic heterocycles. The van der Waals surface area contributed by atoms with Gasteiger partial charge in [-0.05, 0) is 142 Å². The number of anilines is 6. The summed E-state index contributed by atoms with van der Waals surface area (Å²) in [5.74, 6) is 0. The zero-order valence-electron chi connectivity index (χ0n) is 48.4. The number of benzene rings is 11. The lowest BCUT2D eigenvalue weighted by Crippen LogP contribution is -2.12. The van der Waals surface area contributed by atoms with Crippen LogP contribution in [-0.4, -0.2) is 0 Å². The molecule has 11 aromatic carbocycles. The van der Waals surface area contributed by atoms with Gasteiger partial charge in [-0.2, -0.15) is 0 Å². The van der Waals surface area contributed by atoms with E-state index in [0.29, 0.717) is 0 Å². The summed E-state index contributed by atoms with van der Waals surface area (Å²) in [4.78, 5) is 4.71. The Morgan fingerprint density at radius 1 is 0.293 bits per heavy atom. The number of para-hydroxylation sites is 6. The molecule has 0 aliphatic rings. The molecule has 0 unspecified atom stereocenters. The fourth-order valence-electron chi connectivity index (χ4n) is 13.2. The van der Waals surface area contributed by atoms with Crippen molar-refractivity contribution in [2.45, 2.75) is 92.4 Å². The van der Waals surface area contributed by atoms with Crippen molar-refractivity contribution in [2.75, 3.05) is 9.80 Å². The molecule has 0 bridgehead atoms. The van der Waals surface area contributed by atoms with Crippen molar-refractivity contribution >= 4 is 143 Å². The average molecular weight is 1070 g/mol. The van der Waals surface area contributed by atoms with E-state index in [-0.39, 0.29) is 16.2 Å². The van der Waals surface area contributed by atoms with Gasteiger partial charge in [-0.3, -0.25) is 0 Å². The first-order valence-corrected chi connectivity index (χ1v) is 28.7. The van der Waals surface area contributed by atoms with Gasteiger partial charge in [0, 0.05) is 82.5 Å². The quantitative estimate of drug-likeness (QED) is 0.165. The highest BCUT2D eigenvalue weighted by atomic mass is 16.3. The Morgan fingerprint density at radius 2 is 0.732 bits per heavy atom. The number of rotatable bonds is 6. The van der Waals surface area contributed by atoms with Gasteiger partial charge in [0.25, 0.3) is 0 Å². The Hall–Kier alpha value is -9.26. The molecule has 4 aromatic heterocycles. The van der Waals surface area contributed by atoms with Crippen LogP contribution in [0.25, 0.3) is 109 Å². The van der Waals surface area contributed by atoms with Crippen molar-refractivity contribution in [1.29, 1.82) is 0 Å². The average Bonchev–Trinajstić information content (AvgIpc) is 3.28. The molecule has 0 saturated carbocycles. The highest BCUT2D eigenvalue weighted by Gasteiger charge is 2.30. The van der Waals surface area contributed by atoms with E-state index in [1.807, 2.05) is 0 Å². The van der Waals surface area contributed by atoms with Gasteiger partial charge in [-0.15, -0.1) is 0 Å². The van der Waals surface area contributed by atoms with Gasteiger partial charge in [0.2, 0.25) is 0 Å². The second-order valence-corrected chi connectivity index (χ2v) is 25.8. The maximum atomic E-state index is 7.18. The molecule has 6 nitrogen and oxygen atoms in total. The summed E-state index contributed by atoms with van der Waals surface area (Å²) in [5.41, 5.74) is 18.6. The highest BCUT2D eigenvalue weighted by molar-refractivity contribution is 6.21. The van der Waals surface area contributed by atoms with Crippen LogP contribution >= 0.6 is 0 Å². The molecule has 0 radical (unpaired) electrons. The van der Waals surface area contributed by atoms with Crippen LogP contribution < -0.4 is 9.80 Å². The van der Waals surface area contributed by atoms with Crippen LogP contribution in [0.15, 0.2) is 206 Å². The lowest BCUT2D eigenvalue weighted by atomic mass is 9.82. The van der Waals surface area contributed by atoms with Gasteiger partial charge >= 0.3 is 0 Å². The fraction of sp³-hybridized carbons (Fsp3) is 0.184. The number of hydrogen-bond donors (Lipinski definition) is 0. The molecule has 82 heavy (non-hydrogen) atoms. The van der Waals surface area contributed by atoms with Crippen molar-refractivity contribution in [3.63, 3.8) is 0 Å². The van der Waals surface area contributed by atoms with Crippen LogP contribution in [0.5, 0.6) is 0 Å². The van der Waals surface area contributed by atoms with Crippen molar-refractivity contribution < 1.29 is 17.7 Å². The number of aryl methyl sites for hydroxylation is 2. The van der Waals surface area contributed by atoms with Crippen LogP contribution in [0.1, 0.15) is 90.1 Å². The molecule has 0 aliphatic carbocycles. The van der Waals surface area contributed by atoms with Crippen LogP contribution in [-0.2, 0) is 16.2 Å². The molecule has 402 valence electrons. The SMILES string of the molecule is Cc1ccccc1N(c1ccc2cc3c(cc2c1)oc1c(C(C)(C)C)c2c(cc13)oc1cc3cc(N(c4ccccc4C)c4cccc5c4oc4c(C(C)(C)C)cccc45)ccc3cc12)c1cccc2c1oc1c(C(C)(C)C)cccc12. The third-order valence-corrected chi connectivity index (χ3v) is 17.2. The third-order valence-electron chi connectivity index (χ3n) is 17.2. The van der Waals surface area contributed by atoms with Gasteiger partial charge in [0.1, 0.15) is 33.5 Å². The fourth-order valence-corrected chi connectivity index (χ4v) is 13.2. The minimum atomic E-state index is -0.299. The van der Waals surface area contributed by atoms with Gasteiger partial charge < -0.3 is 27.5 Å². The van der Waals surface area contributed by atoms with Gasteiger partial charge in [-0.1, -0.05) is 172 Å². The number of furan rings is 4. The van der Waals surface area contributed by atoms with E-state index in [2.05, 4.69) is 274 Å². The smallest absolute Gasteiger partial charge is 0.159 e. The number of nitrogens with zero attached hydrogens (tertiary/aromatic N) is 2. The van der Waals surface area contributed by atoms with E-state index in [1.165, 1.54) is 11.1 Å². The second-order valence-electron chi connectivity index (χ2n) is 25.8. The first-order chi connectivity index (χ1) is 39.4. The minimum absolute atomic E-state index is 0.0890. The Morgan fingerprint density at radius 3 is 1.21 bits per heavy atom. The van der Waals surface area contributed by atoms with E-state index in [0.717, 1.165) is 160 Å². The zero-order chi connectivity index (χ0) is 56.3. The Balaban J connectivity index is 0.874. The molecule has 6 heteroatoms. The Bertz CT molecular complexity index is 4960. The van der Waals surface area contributed by atoms with E-state index in [9.17, 15) is 0 Å². The highest BCUT2D eigenvalue weighted by Crippen LogP contribution is 2.50. The van der Waals surface area contributed by atoms with E-state index in [1.54, 1.807) is 0 Å². The molecule has 15 rings (SSSR count). The monoisotopic (exact) mass is 1070 g/mol. The summed E-state index contributed by atoms with van der Waals surface area (Å²) in [7, 11) is 0. The summed E-state index contributed by atoms with van der Waals surface area (Å²) < 4.78 is 28.2. The first kappa shape index (κ1) is 49.8. The Kier molecular flexibility index (Phi) is 10.7. The molecular formula is C76H64N2O4. The van der Waals surface area contributed by atoms with Crippen molar-refractivity contribution in [3.05, 3.63) is 216 Å². The molecule has 0 N–H and O–H groups in total. The summed E-state index contributed by atoms with van der Waals surface area (Å²) in [5, 5.41) is 13.1. The van der Waals surface area contributed by atoms with E-state index < -0.39 is 0 Å². The summed E-state index contributed by atoms with van der Waals surface area (Å²) in [6.45, 7) is 24.7. The number of hydrogen-bond acceptors (Lipinski definition) is 6. The molecule has 0 spiro atoms. The lowest BCUT2D eigenvalue weighted by Gasteiger charge is -2.27. The predicted octanol–water partition coefficient (Wildman–Crippen LogP) is 23.0. The summed E-state index contributed by atoms with van der Waals surface area (Å²) in [6, 6.07) is 68.1. The molecular weight excluding hydrogens is 1000 g/mol. The third kappa shape index (κ3) is 7.60. The van der Waals surface area contributed by atoms with E-state index >= 15 is 0 Å². The normalized spacial score (nSPS) is 12.8. The maximum absolute atomic E-state index is 7.18. The van der Waals surface area contributed by atoms with Crippen molar-refractivity contribution in [2.24, 2.45) is 0 Å². The summed E-state index contributed by atoms with van der Waals surface area (Å²) >= 11 is 0. The summed E-state index contributed by atoms with van der Waals surface area (Å²) in [6.07, 6.45) is 0. The molecule has 0 fully saturated rings. The molecule has 15 aromatic rings. The topological polar surface area (TPSA) is 59.0 Å². The van der Waals surface area contributed by atoms with Crippen molar-refractivity contribution in [3.8, 4) is 0 Å². The zero-order valence-corrected chi connectivity index (χ0v) is 48.4. The number of fused-ring (bicyclic) bond motifs is 14. The van der Waals surface area contributed by atoms with Gasteiger partial charge in [0.15, 0.2) is 11.2 Å². The molecule has 0 amide bonds. The molecule has 0 saturated heterocycles. The van der Waals surface area contributed by atoms with Crippen LogP contribution in [0.2, 0.25) is 0 Å². The van der Waals surface area contributed by atoms with Crippen molar-refractivity contribution in [1.82, 2.24) is 0 Å². The Labute approximate surface area is 476 Å². The van der Waals surface area contributed by atoms with Gasteiger partial charge in [0.05, 0.1) is 11.4 Å². The largest absolute Gasteiger partial charge is 0.456 e. The first-order valence-electron chi connectivity index (χ1n) is 28.7. The molecule has 4 heterocycles. The minimum Gasteiger partial charge on any atom is -0.456 e. The molecule has 0 atom stereocenters. The van der Waals surface area contributed by atoms with Crippen LogP contribution in [0, 0.1) is 13.8 Å². The van der Waals surface area contributed by atoms with Gasteiger partial charge in [-0.25, -0.2) is 0 Å². The van der Waals surface area contributed by atoms with Crippen LogP contribution in [0.4, 0.5) is 34.1 Å². The maximum Gasteiger partial charge on any atom is 0.159 e. The predicted molar refractivity (Wildman–Crippen MR) is 346 cm³/mol. The van der Waals surface area contributed by atoms with E-state index in [4.69, 9.17) is 17.7 Å². The standard InChI is InChI=1S/C76H64N2O4/c1-43-20-12-14-28-60(43)77(62-30-18-24-53-51-22-16-26-58(74(3,4)5)69(51)81-71(53)62)49-34-32-45-38-55-56-42-66-67(68(76(9,10)11)73(56)80-64(55)40-47(45)36-49)57-39-46-33-35-50(37-48(46)41-65(57)79-66)78(61-29-15-13-21-44(61)2)63-31-19-25-54-52-23-17-27-59(75(6,7)8)70(52)82-72(54)63/h12-42H,1-11H3. The lowest BCUT2D eigenvalue weighted by molar-refractivity contribution is 0.572. The van der Waals surface area contributed by atoms with Crippen LogP contribution in [0.3, 0.4) is 0 Å². The second kappa shape index (κ2) is 17.6.